The molecule has 0 radical (unpaired) electrons. The molecule has 0 N–H and O–H groups in total. The molecule has 0 saturated heterocycles. The molecule has 29 heavy (non-hydrogen) atoms. The molecule has 150 valence electrons. The van der Waals surface area contributed by atoms with Crippen LogP contribution in [0.1, 0.15) is 0 Å². The van der Waals surface area contributed by atoms with Crippen LogP contribution in [0.5, 0.6) is 0 Å². The summed E-state index contributed by atoms with van der Waals surface area (Å²) in [5.41, 5.74) is 0. The predicted octanol–water partition coefficient (Wildman–Crippen LogP) is 4.96. The quantitative estimate of drug-likeness (QED) is 0.292. The molecule has 0 atom stereocenters. The summed E-state index contributed by atoms with van der Waals surface area (Å²) >= 11 is 0. The molecule has 0 saturated carbocycles. The van der Waals surface area contributed by atoms with Crippen LogP contribution in [0.2, 0.25) is 0 Å². The van der Waals surface area contributed by atoms with Crippen molar-refractivity contribution in [1.29, 1.82) is 0 Å². The van der Waals surface area contributed by atoms with Crippen molar-refractivity contribution in [2.24, 2.45) is 0 Å². The maximum absolute atomic E-state index is 2.34. The Balaban J connectivity index is 0.000000200. The van der Waals surface area contributed by atoms with Gasteiger partial charge in [0.15, 0.2) is 0 Å². The summed E-state index contributed by atoms with van der Waals surface area (Å²) < 4.78 is 0. The molecular formula is C26H28P2Pt+2. The second-order valence-corrected chi connectivity index (χ2v) is 11.5. The van der Waals surface area contributed by atoms with E-state index < -0.39 is 15.8 Å². The summed E-state index contributed by atoms with van der Waals surface area (Å²) in [6.07, 6.45) is 0. The third kappa shape index (κ3) is 7.32. The van der Waals surface area contributed by atoms with E-state index in [1.807, 2.05) is 0 Å². The smallest absolute Gasteiger partial charge is 0.0620 e. The molecule has 0 unspecified atom stereocenters. The molecule has 0 amide bonds. The first-order valence-electron chi connectivity index (χ1n) is 9.64. The Morgan fingerprint density at radius 2 is 0.517 bits per heavy atom. The Hall–Kier alpha value is -1.57. The third-order valence-electron chi connectivity index (χ3n) is 4.83. The predicted molar refractivity (Wildman–Crippen MR) is 133 cm³/mol. The Morgan fingerprint density at radius 1 is 0.345 bits per heavy atom. The van der Waals surface area contributed by atoms with Crippen LogP contribution >= 0.6 is 15.8 Å². The molecule has 0 bridgehead atoms. The molecule has 4 aromatic carbocycles. The van der Waals surface area contributed by atoms with E-state index in [-0.39, 0.29) is 21.1 Å². The molecule has 0 spiro atoms. The number of benzene rings is 4. The van der Waals surface area contributed by atoms with E-state index >= 15 is 0 Å². The van der Waals surface area contributed by atoms with Crippen LogP contribution in [0.25, 0.3) is 0 Å². The van der Waals surface area contributed by atoms with Crippen molar-refractivity contribution in [3.05, 3.63) is 121 Å². The van der Waals surface area contributed by atoms with Crippen molar-refractivity contribution in [2.45, 2.75) is 0 Å². The van der Waals surface area contributed by atoms with Crippen molar-refractivity contribution in [2.75, 3.05) is 13.3 Å². The SMILES string of the molecule is C[PH+](c1ccccc1)c1ccccc1.C[PH+](c1ccccc1)c1ccccc1.[Pt]. The molecule has 3 heteroatoms. The number of hydrogen-bond donors (Lipinski definition) is 0. The van der Waals surface area contributed by atoms with Gasteiger partial charge in [0.1, 0.15) is 0 Å². The van der Waals surface area contributed by atoms with Gasteiger partial charge in [-0.2, -0.15) is 0 Å². The summed E-state index contributed by atoms with van der Waals surface area (Å²) in [6.45, 7) is 4.69. The van der Waals surface area contributed by atoms with E-state index in [2.05, 4.69) is 135 Å². The standard InChI is InChI=1S/2C13H13P.Pt/c2*1-14(12-8-4-2-5-9-12)13-10-6-3-7-11-13;/h2*2-11H,1H3;/p+2. The van der Waals surface area contributed by atoms with Crippen molar-refractivity contribution in [3.63, 3.8) is 0 Å². The zero-order chi connectivity index (χ0) is 19.6. The number of rotatable bonds is 4. The van der Waals surface area contributed by atoms with Crippen molar-refractivity contribution < 1.29 is 21.1 Å². The van der Waals surface area contributed by atoms with Gasteiger partial charge in [-0.25, -0.2) is 0 Å². The average molecular weight is 598 g/mol. The minimum absolute atomic E-state index is 0. The van der Waals surface area contributed by atoms with Crippen LogP contribution in [0.15, 0.2) is 121 Å². The molecule has 0 heterocycles. The zero-order valence-electron chi connectivity index (χ0n) is 16.9. The van der Waals surface area contributed by atoms with Crippen molar-refractivity contribution in [1.82, 2.24) is 0 Å². The summed E-state index contributed by atoms with van der Waals surface area (Å²) in [6, 6.07) is 43.0. The van der Waals surface area contributed by atoms with Gasteiger partial charge in [0.2, 0.25) is 0 Å². The van der Waals surface area contributed by atoms with Gasteiger partial charge < -0.3 is 0 Å². The van der Waals surface area contributed by atoms with Gasteiger partial charge in [0, 0.05) is 21.1 Å². The largest absolute Gasteiger partial charge is 0.0964 e. The maximum Gasteiger partial charge on any atom is 0.0964 e. The first-order valence-corrected chi connectivity index (χ1v) is 13.6. The fourth-order valence-corrected chi connectivity index (χ4v) is 6.52. The monoisotopic (exact) mass is 597 g/mol. The first kappa shape index (κ1) is 23.7. The van der Waals surface area contributed by atoms with E-state index in [0.717, 1.165) is 0 Å². The van der Waals surface area contributed by atoms with E-state index in [9.17, 15) is 0 Å². The zero-order valence-corrected chi connectivity index (χ0v) is 21.1. The van der Waals surface area contributed by atoms with Crippen LogP contribution in [0.3, 0.4) is 0 Å². The van der Waals surface area contributed by atoms with Gasteiger partial charge in [0.25, 0.3) is 0 Å². The molecule has 4 rings (SSSR count). The van der Waals surface area contributed by atoms with E-state index in [0.29, 0.717) is 0 Å². The first-order chi connectivity index (χ1) is 13.8. The van der Waals surface area contributed by atoms with Gasteiger partial charge in [-0.15, -0.1) is 0 Å². The fraction of sp³-hybridized carbons (Fsp3) is 0.0769. The molecule has 0 fully saturated rings. The summed E-state index contributed by atoms with van der Waals surface area (Å²) in [5.74, 6) is 0. The summed E-state index contributed by atoms with van der Waals surface area (Å²) in [5, 5.41) is 5.90. The summed E-state index contributed by atoms with van der Waals surface area (Å²) in [7, 11) is -1.09. The van der Waals surface area contributed by atoms with Crippen LogP contribution in [-0.2, 0) is 21.1 Å². The Bertz CT molecular complexity index is 769. The molecule has 0 aliphatic carbocycles. The Kier molecular flexibility index (Phi) is 10.5. The van der Waals surface area contributed by atoms with Gasteiger partial charge in [0.05, 0.1) is 50.4 Å². The maximum atomic E-state index is 2.34. The van der Waals surface area contributed by atoms with Crippen LogP contribution in [-0.4, -0.2) is 13.3 Å². The summed E-state index contributed by atoms with van der Waals surface area (Å²) in [4.78, 5) is 0. The van der Waals surface area contributed by atoms with Crippen LogP contribution in [0.4, 0.5) is 0 Å². The molecule has 0 aliphatic heterocycles. The topological polar surface area (TPSA) is 0 Å². The minimum atomic E-state index is -0.545. The Morgan fingerprint density at radius 3 is 0.690 bits per heavy atom. The van der Waals surface area contributed by atoms with E-state index in [1.165, 1.54) is 21.2 Å². The van der Waals surface area contributed by atoms with Gasteiger partial charge in [-0.3, -0.25) is 0 Å². The molecule has 0 nitrogen and oxygen atoms in total. The second-order valence-electron chi connectivity index (χ2n) is 6.71. The van der Waals surface area contributed by atoms with E-state index in [4.69, 9.17) is 0 Å². The average Bonchev–Trinajstić information content (AvgIpc) is 2.81. The van der Waals surface area contributed by atoms with Gasteiger partial charge in [-0.1, -0.05) is 72.8 Å². The van der Waals surface area contributed by atoms with Crippen molar-refractivity contribution in [3.8, 4) is 0 Å². The molecule has 0 aromatic heterocycles. The van der Waals surface area contributed by atoms with E-state index in [1.54, 1.807) is 0 Å². The third-order valence-corrected chi connectivity index (χ3v) is 9.62. The second kappa shape index (κ2) is 12.9. The minimum Gasteiger partial charge on any atom is -0.0620 e. The molecule has 0 aliphatic rings. The van der Waals surface area contributed by atoms with Crippen LogP contribution in [0, 0.1) is 0 Å². The fourth-order valence-electron chi connectivity index (χ4n) is 3.09. The van der Waals surface area contributed by atoms with Gasteiger partial charge >= 0.3 is 0 Å². The Labute approximate surface area is 192 Å². The van der Waals surface area contributed by atoms with Crippen molar-refractivity contribution >= 4 is 37.1 Å². The van der Waals surface area contributed by atoms with Crippen LogP contribution < -0.4 is 21.2 Å². The number of hydrogen-bond acceptors (Lipinski definition) is 0. The van der Waals surface area contributed by atoms with Gasteiger partial charge in [-0.05, 0) is 48.5 Å². The molecular weight excluding hydrogens is 569 g/mol. The molecule has 4 aromatic rings. The normalized spacial score (nSPS) is 10.1.